The lowest BCUT2D eigenvalue weighted by Crippen LogP contribution is -2.55. The topological polar surface area (TPSA) is 230 Å². The molecule has 14 nitrogen and oxygen atoms in total. The van der Waals surface area contributed by atoms with Crippen molar-refractivity contribution in [3.8, 4) is 33.8 Å². The van der Waals surface area contributed by atoms with Gasteiger partial charge in [-0.3, -0.25) is 18.7 Å². The van der Waals surface area contributed by atoms with Gasteiger partial charge < -0.3 is 30.2 Å². The summed E-state index contributed by atoms with van der Waals surface area (Å²) >= 11 is 0. The molecule has 2 heterocycles. The largest absolute Gasteiger partial charge is 0.507 e. The van der Waals surface area contributed by atoms with Gasteiger partial charge in [-0.1, -0.05) is 146 Å². The van der Waals surface area contributed by atoms with Gasteiger partial charge >= 0.3 is 0 Å². The van der Waals surface area contributed by atoms with E-state index in [-0.39, 0.29) is 57.0 Å². The number of aliphatic hydroxyl groups excluding tert-OH is 2. The minimum absolute atomic E-state index is 0.0162. The van der Waals surface area contributed by atoms with Crippen molar-refractivity contribution >= 4 is 43.4 Å². The fraction of sp³-hybridized carbons (Fsp3) is 0.167. The summed E-state index contributed by atoms with van der Waals surface area (Å²) < 4.78 is 64.4. The molecule has 8 aromatic rings. The Kier molecular flexibility index (Phi) is 15.6. The number of carbonyl (C=O) groups is 2. The number of phenolic OH excluding ortho intramolecular Hbond substituents is 2. The highest BCUT2D eigenvalue weighted by Crippen LogP contribution is 2.49. The summed E-state index contributed by atoms with van der Waals surface area (Å²) in [5.74, 6) is -0.936. The molecule has 388 valence electrons. The van der Waals surface area contributed by atoms with Crippen molar-refractivity contribution < 1.29 is 56.0 Å². The Hall–Kier alpha value is -7.96. The van der Waals surface area contributed by atoms with Gasteiger partial charge in [-0.25, -0.2) is 0 Å². The van der Waals surface area contributed by atoms with Gasteiger partial charge in [0.05, 0.1) is 45.9 Å². The van der Waals surface area contributed by atoms with Gasteiger partial charge in [-0.15, -0.1) is 0 Å². The zero-order valence-electron chi connectivity index (χ0n) is 40.8. The first-order valence-corrected chi connectivity index (χ1v) is 27.4. The van der Waals surface area contributed by atoms with Crippen molar-refractivity contribution in [1.29, 1.82) is 0 Å². The number of rotatable bonds is 16. The van der Waals surface area contributed by atoms with E-state index < -0.39 is 32.4 Å². The number of aromatic hydroxyl groups is 2. The number of hydrogen-bond donors (Lipinski definition) is 6. The number of hydrogen-bond acceptors (Lipinski definition) is 10. The van der Waals surface area contributed by atoms with E-state index in [9.17, 15) is 56.0 Å². The Labute approximate surface area is 440 Å². The molecule has 2 amide bonds. The second-order valence-corrected chi connectivity index (χ2v) is 21.6. The number of β-lactam (4-membered cyclic amide) rings is 2. The van der Waals surface area contributed by atoms with E-state index in [1.165, 1.54) is 42.5 Å². The first-order chi connectivity index (χ1) is 36.5. The van der Waals surface area contributed by atoms with Crippen LogP contribution in [0.4, 0.5) is 11.4 Å². The third-order valence-corrected chi connectivity index (χ3v) is 15.7. The molecule has 76 heavy (non-hydrogen) atoms. The number of benzene rings is 8. The van der Waals surface area contributed by atoms with E-state index in [1.807, 2.05) is 133 Å². The highest BCUT2D eigenvalue weighted by molar-refractivity contribution is 7.86. The SMILES string of the molecule is O=C1[C@H](CC[C@H](O)c2ccccc2)[C@@H](c2ccc(-c3ccc(S(=O)(=O)O)cc3)c(O)c2)N1c1ccccc1.O=C1[C@H](CC[C@H](O)c2ccccc2)[C@@H](c2ccc(-c3cccc(S(=O)(=O)O)c3)c(O)c2)N1c1ccccc1. The number of amides is 2. The minimum Gasteiger partial charge on any atom is -0.507 e. The molecule has 2 aliphatic rings. The molecule has 2 fully saturated rings. The lowest BCUT2D eigenvalue weighted by atomic mass is 9.78. The lowest BCUT2D eigenvalue weighted by molar-refractivity contribution is -0.131. The van der Waals surface area contributed by atoms with Crippen molar-refractivity contribution in [2.24, 2.45) is 11.8 Å². The van der Waals surface area contributed by atoms with Crippen molar-refractivity contribution in [2.75, 3.05) is 9.80 Å². The number of aliphatic hydroxyl groups is 2. The highest BCUT2D eigenvalue weighted by Gasteiger charge is 2.50. The molecule has 16 heteroatoms. The Balaban J connectivity index is 0.000000186. The maximum absolute atomic E-state index is 13.3. The van der Waals surface area contributed by atoms with Crippen LogP contribution in [0.2, 0.25) is 0 Å². The number of para-hydroxylation sites is 2. The molecule has 6 atom stereocenters. The summed E-state index contributed by atoms with van der Waals surface area (Å²) in [6.07, 6.45) is 0.387. The van der Waals surface area contributed by atoms with Crippen LogP contribution in [-0.2, 0) is 29.8 Å². The first-order valence-electron chi connectivity index (χ1n) is 24.5. The van der Waals surface area contributed by atoms with Crippen LogP contribution in [0.25, 0.3) is 22.3 Å². The van der Waals surface area contributed by atoms with Gasteiger partial charge in [-0.2, -0.15) is 16.8 Å². The zero-order chi connectivity index (χ0) is 53.7. The van der Waals surface area contributed by atoms with Crippen molar-refractivity contribution in [3.63, 3.8) is 0 Å². The summed E-state index contributed by atoms with van der Waals surface area (Å²) in [5.41, 5.74) is 6.46. The van der Waals surface area contributed by atoms with Crippen LogP contribution in [0, 0.1) is 11.8 Å². The second-order valence-electron chi connectivity index (χ2n) is 18.8. The summed E-state index contributed by atoms with van der Waals surface area (Å²) in [4.78, 5) is 29.5. The van der Waals surface area contributed by atoms with Crippen molar-refractivity contribution in [1.82, 2.24) is 0 Å². The Morgan fingerprint density at radius 3 is 1.21 bits per heavy atom. The van der Waals surface area contributed by atoms with Crippen LogP contribution in [0.1, 0.15) is 72.2 Å². The van der Waals surface area contributed by atoms with Crippen LogP contribution >= 0.6 is 0 Å². The van der Waals surface area contributed by atoms with Crippen LogP contribution in [0.5, 0.6) is 11.5 Å². The molecule has 0 aromatic heterocycles. The standard InChI is InChI=1S/2C30H27NO6S/c32-27(20-8-3-1-4-9-20)17-16-26-29(31(30(26)34)23-11-5-2-6-12-23)22-14-15-25(28(33)19-22)21-10-7-13-24(18-21)38(35,36)37;32-27(21-7-3-1-4-8-21)18-17-26-29(31(30(26)34)23-9-5-2-6-10-23)22-13-16-25(28(33)19-22)20-11-14-24(15-12-20)38(35,36)37/h1-15,18-19,26-27,29,32-33H,16-17H2,(H,35,36,37);1-16,19,26-27,29,32-33H,17-18H2,(H,35,36,37)/t2*26-,27+,29-/m11/s1. The molecule has 8 aromatic carbocycles. The summed E-state index contributed by atoms with van der Waals surface area (Å²) in [5, 5.41) is 43.2. The molecule has 2 saturated heterocycles. The van der Waals surface area contributed by atoms with Gasteiger partial charge in [0, 0.05) is 22.5 Å². The summed E-state index contributed by atoms with van der Waals surface area (Å²) in [7, 11) is -8.71. The van der Waals surface area contributed by atoms with Crippen LogP contribution in [0.15, 0.2) is 216 Å². The highest BCUT2D eigenvalue weighted by atomic mass is 32.2. The third-order valence-electron chi connectivity index (χ3n) is 14.0. The molecule has 0 radical (unpaired) electrons. The molecular weight excluding hydrogens is 1000 g/mol. The molecule has 0 saturated carbocycles. The molecule has 0 aliphatic carbocycles. The molecular formula is C60H54N2O12S2. The molecule has 0 spiro atoms. The molecule has 2 aliphatic heterocycles. The van der Waals surface area contributed by atoms with Gasteiger partial charge in [0.15, 0.2) is 0 Å². The quantitative estimate of drug-likeness (QED) is 0.0392. The second kappa shape index (κ2) is 22.5. The molecule has 6 N–H and O–H groups in total. The van der Waals surface area contributed by atoms with Gasteiger partial charge in [-0.05, 0) is 120 Å². The van der Waals surface area contributed by atoms with Gasteiger partial charge in [0.1, 0.15) is 11.5 Å². The fourth-order valence-corrected chi connectivity index (χ4v) is 11.1. The Bertz CT molecular complexity index is 3570. The normalized spacial score (nSPS) is 18.2. The number of carbonyl (C=O) groups excluding carboxylic acids is 2. The van der Waals surface area contributed by atoms with Crippen molar-refractivity contribution in [2.45, 2.75) is 59.8 Å². The maximum atomic E-state index is 13.3. The molecule has 0 unspecified atom stereocenters. The zero-order valence-corrected chi connectivity index (χ0v) is 42.4. The maximum Gasteiger partial charge on any atom is 0.294 e. The van der Waals surface area contributed by atoms with Crippen LogP contribution < -0.4 is 9.80 Å². The Morgan fingerprint density at radius 1 is 0.421 bits per heavy atom. The van der Waals surface area contributed by atoms with E-state index >= 15 is 0 Å². The van der Waals surface area contributed by atoms with Crippen LogP contribution in [0.3, 0.4) is 0 Å². The molecule has 10 rings (SSSR count). The number of nitrogens with zero attached hydrogens (tertiary/aromatic N) is 2. The van der Waals surface area contributed by atoms with Crippen molar-refractivity contribution in [3.05, 3.63) is 229 Å². The van der Waals surface area contributed by atoms with E-state index in [0.717, 1.165) is 33.6 Å². The summed E-state index contributed by atoms with van der Waals surface area (Å²) in [6, 6.07) is 58.2. The van der Waals surface area contributed by atoms with Gasteiger partial charge in [0.2, 0.25) is 11.8 Å². The predicted octanol–water partition coefficient (Wildman–Crippen LogP) is 11.0. The van der Waals surface area contributed by atoms with E-state index in [0.29, 0.717) is 47.9 Å². The Morgan fingerprint density at radius 2 is 0.816 bits per heavy atom. The average molecular weight is 1060 g/mol. The first kappa shape index (κ1) is 52.9. The van der Waals surface area contributed by atoms with E-state index in [4.69, 9.17) is 0 Å². The smallest absolute Gasteiger partial charge is 0.294 e. The van der Waals surface area contributed by atoms with E-state index in [1.54, 1.807) is 40.1 Å². The minimum atomic E-state index is -4.39. The third kappa shape index (κ3) is 11.5. The molecule has 0 bridgehead atoms. The fourth-order valence-electron chi connectivity index (χ4n) is 10.1. The van der Waals surface area contributed by atoms with E-state index in [2.05, 4.69) is 0 Å². The van der Waals surface area contributed by atoms with Crippen LogP contribution in [-0.4, -0.2) is 58.2 Å². The predicted molar refractivity (Wildman–Crippen MR) is 288 cm³/mol. The monoisotopic (exact) mass is 1060 g/mol. The lowest BCUT2D eigenvalue weighted by Gasteiger charge is -2.48. The number of anilines is 2. The van der Waals surface area contributed by atoms with Gasteiger partial charge in [0.25, 0.3) is 20.2 Å². The average Bonchev–Trinajstić information content (AvgIpc) is 3.45. The summed E-state index contributed by atoms with van der Waals surface area (Å²) in [6.45, 7) is 0. The number of phenols is 2.